The van der Waals surface area contributed by atoms with Crippen molar-refractivity contribution >= 4 is 16.7 Å². The molecule has 0 radical (unpaired) electrons. The number of benzene rings is 1. The van der Waals surface area contributed by atoms with Crippen LogP contribution in [0.3, 0.4) is 0 Å². The Morgan fingerprint density at radius 2 is 1.83 bits per heavy atom. The van der Waals surface area contributed by atoms with Gasteiger partial charge in [0.25, 0.3) is 0 Å². The minimum absolute atomic E-state index is 1.000. The average Bonchev–Trinajstić information content (AvgIpc) is 3.05. The van der Waals surface area contributed by atoms with Gasteiger partial charge in [0.05, 0.1) is 5.52 Å². The van der Waals surface area contributed by atoms with Gasteiger partial charge >= 0.3 is 0 Å². The number of para-hydroxylation sites is 1. The molecule has 6 nitrogen and oxygen atoms in total. The summed E-state index contributed by atoms with van der Waals surface area (Å²) in [5.41, 5.74) is 1.01. The molecule has 0 unspecified atom stereocenters. The molecule has 1 aliphatic rings. The first-order chi connectivity index (χ1) is 11.8. The van der Waals surface area contributed by atoms with E-state index in [1.165, 1.54) is 0 Å². The van der Waals surface area contributed by atoms with Crippen molar-refractivity contribution < 1.29 is 0 Å². The summed E-state index contributed by atoms with van der Waals surface area (Å²) in [7, 11) is 2.06. The van der Waals surface area contributed by atoms with Crippen LogP contribution in [0.5, 0.6) is 0 Å². The minimum Gasteiger partial charge on any atom is -0.353 e. The summed E-state index contributed by atoms with van der Waals surface area (Å²) in [6.45, 7) is 5.18. The van der Waals surface area contributed by atoms with Crippen molar-refractivity contribution in [2.75, 3.05) is 37.6 Å². The van der Waals surface area contributed by atoms with Crippen molar-refractivity contribution in [3.63, 3.8) is 0 Å². The van der Waals surface area contributed by atoms with E-state index in [2.05, 4.69) is 48.5 Å². The van der Waals surface area contributed by atoms with E-state index in [1.54, 1.807) is 6.33 Å². The van der Waals surface area contributed by atoms with E-state index in [4.69, 9.17) is 0 Å². The first-order valence-corrected chi connectivity index (χ1v) is 8.44. The molecule has 124 valence electrons. The Bertz CT molecular complexity index is 814. The largest absolute Gasteiger partial charge is 0.353 e. The lowest BCUT2D eigenvalue weighted by Crippen LogP contribution is -2.47. The normalized spacial score (nSPS) is 16.0. The fourth-order valence-electron chi connectivity index (χ4n) is 3.32. The topological polar surface area (TPSA) is 50.1 Å². The molecule has 2 aromatic heterocycles. The van der Waals surface area contributed by atoms with Gasteiger partial charge in [-0.15, -0.1) is 0 Å². The highest BCUT2D eigenvalue weighted by Gasteiger charge is 2.19. The zero-order valence-corrected chi connectivity index (χ0v) is 14.0. The summed E-state index contributed by atoms with van der Waals surface area (Å²) >= 11 is 0. The Hall–Kier alpha value is -2.47. The zero-order valence-electron chi connectivity index (χ0n) is 14.0. The van der Waals surface area contributed by atoms with Crippen LogP contribution in [0.1, 0.15) is 5.82 Å². The van der Waals surface area contributed by atoms with E-state index in [0.29, 0.717) is 0 Å². The Kier molecular flexibility index (Phi) is 4.13. The molecule has 3 heterocycles. The molecular weight excluding hydrogens is 300 g/mol. The van der Waals surface area contributed by atoms with Crippen LogP contribution >= 0.6 is 0 Å². The van der Waals surface area contributed by atoms with E-state index in [1.807, 2.05) is 24.5 Å². The molecule has 3 aromatic rings. The fourth-order valence-corrected chi connectivity index (χ4v) is 3.32. The molecule has 4 rings (SSSR count). The van der Waals surface area contributed by atoms with Crippen LogP contribution in [0.2, 0.25) is 0 Å². The maximum absolute atomic E-state index is 4.54. The first kappa shape index (κ1) is 15.1. The lowest BCUT2D eigenvalue weighted by Gasteiger charge is -2.35. The third-order valence-corrected chi connectivity index (χ3v) is 4.77. The number of aryl methyl sites for hydroxylation is 1. The molecule has 1 aliphatic heterocycles. The summed E-state index contributed by atoms with van der Waals surface area (Å²) in [5.74, 6) is 2.21. The quantitative estimate of drug-likeness (QED) is 0.732. The van der Waals surface area contributed by atoms with E-state index in [9.17, 15) is 0 Å². The van der Waals surface area contributed by atoms with Crippen LogP contribution in [-0.2, 0) is 13.5 Å². The Morgan fingerprint density at radius 1 is 1.00 bits per heavy atom. The molecule has 0 spiro atoms. The Morgan fingerprint density at radius 3 is 2.62 bits per heavy atom. The number of piperazine rings is 1. The Labute approximate surface area is 141 Å². The second-order valence-electron chi connectivity index (χ2n) is 6.25. The van der Waals surface area contributed by atoms with Crippen LogP contribution in [0.25, 0.3) is 10.9 Å². The number of fused-ring (bicyclic) bond motifs is 1. The van der Waals surface area contributed by atoms with Crippen LogP contribution < -0.4 is 4.90 Å². The summed E-state index contributed by atoms with van der Waals surface area (Å²) in [5, 5.41) is 1.14. The van der Waals surface area contributed by atoms with Gasteiger partial charge in [-0.2, -0.15) is 0 Å². The zero-order chi connectivity index (χ0) is 16.4. The van der Waals surface area contributed by atoms with Gasteiger partial charge in [-0.25, -0.2) is 15.0 Å². The standard InChI is InChI=1S/C18H22N6/c1-22-9-7-19-17(22)6-8-23-10-12-24(13-11-23)18-15-4-2-3-5-16(15)20-14-21-18/h2-5,7,9,14H,6,8,10-13H2,1H3. The van der Waals surface area contributed by atoms with Gasteiger partial charge in [-0.3, -0.25) is 4.90 Å². The highest BCUT2D eigenvalue weighted by atomic mass is 15.3. The van der Waals surface area contributed by atoms with Gasteiger partial charge in [0, 0.05) is 64.0 Å². The molecule has 0 N–H and O–H groups in total. The lowest BCUT2D eigenvalue weighted by atomic mass is 10.2. The molecule has 24 heavy (non-hydrogen) atoms. The molecule has 0 amide bonds. The van der Waals surface area contributed by atoms with Crippen LogP contribution in [0, 0.1) is 0 Å². The third-order valence-electron chi connectivity index (χ3n) is 4.77. The smallest absolute Gasteiger partial charge is 0.139 e. The molecule has 0 aliphatic carbocycles. The molecule has 0 saturated carbocycles. The molecule has 0 atom stereocenters. The van der Waals surface area contributed by atoms with Gasteiger partial charge < -0.3 is 9.47 Å². The lowest BCUT2D eigenvalue weighted by molar-refractivity contribution is 0.258. The number of anilines is 1. The second kappa shape index (κ2) is 6.57. The maximum atomic E-state index is 4.54. The van der Waals surface area contributed by atoms with Crippen molar-refractivity contribution in [1.29, 1.82) is 0 Å². The third kappa shape index (κ3) is 2.97. The van der Waals surface area contributed by atoms with Gasteiger partial charge in [-0.05, 0) is 12.1 Å². The van der Waals surface area contributed by atoms with Crippen LogP contribution in [-0.4, -0.2) is 57.1 Å². The number of nitrogens with zero attached hydrogens (tertiary/aromatic N) is 6. The van der Waals surface area contributed by atoms with Gasteiger partial charge in [0.15, 0.2) is 0 Å². The number of hydrogen-bond donors (Lipinski definition) is 0. The minimum atomic E-state index is 1.000. The summed E-state index contributed by atoms with van der Waals surface area (Å²) in [6, 6.07) is 8.23. The van der Waals surface area contributed by atoms with E-state index in [0.717, 1.165) is 61.7 Å². The predicted octanol–water partition coefficient (Wildman–Crippen LogP) is 1.73. The molecule has 6 heteroatoms. The molecular formula is C18H22N6. The molecule has 1 fully saturated rings. The van der Waals surface area contributed by atoms with Crippen molar-refractivity contribution in [3.05, 3.63) is 48.8 Å². The number of rotatable bonds is 4. The average molecular weight is 322 g/mol. The maximum Gasteiger partial charge on any atom is 0.139 e. The van der Waals surface area contributed by atoms with Crippen molar-refractivity contribution in [2.24, 2.45) is 7.05 Å². The van der Waals surface area contributed by atoms with E-state index < -0.39 is 0 Å². The van der Waals surface area contributed by atoms with Crippen molar-refractivity contribution in [3.8, 4) is 0 Å². The Balaban J connectivity index is 1.40. The summed E-state index contributed by atoms with van der Waals surface area (Å²) in [4.78, 5) is 18.2. The van der Waals surface area contributed by atoms with Crippen LogP contribution in [0.4, 0.5) is 5.82 Å². The predicted molar refractivity (Wildman–Crippen MR) is 95.1 cm³/mol. The van der Waals surface area contributed by atoms with Crippen molar-refractivity contribution in [1.82, 2.24) is 24.4 Å². The van der Waals surface area contributed by atoms with Gasteiger partial charge in [0.2, 0.25) is 0 Å². The first-order valence-electron chi connectivity index (χ1n) is 8.44. The highest BCUT2D eigenvalue weighted by Crippen LogP contribution is 2.23. The van der Waals surface area contributed by atoms with Gasteiger partial charge in [0.1, 0.15) is 18.0 Å². The monoisotopic (exact) mass is 322 g/mol. The molecule has 1 saturated heterocycles. The van der Waals surface area contributed by atoms with Crippen molar-refractivity contribution in [2.45, 2.75) is 6.42 Å². The number of imidazole rings is 1. The summed E-state index contributed by atoms with van der Waals surface area (Å²) in [6.07, 6.45) is 6.55. The van der Waals surface area contributed by atoms with E-state index >= 15 is 0 Å². The SMILES string of the molecule is Cn1ccnc1CCN1CCN(c2ncnc3ccccc23)CC1. The van der Waals surface area contributed by atoms with Crippen LogP contribution in [0.15, 0.2) is 43.0 Å². The number of hydrogen-bond acceptors (Lipinski definition) is 5. The highest BCUT2D eigenvalue weighted by molar-refractivity contribution is 5.89. The van der Waals surface area contributed by atoms with Gasteiger partial charge in [-0.1, -0.05) is 12.1 Å². The van der Waals surface area contributed by atoms with E-state index in [-0.39, 0.29) is 0 Å². The fraction of sp³-hybridized carbons (Fsp3) is 0.389. The molecule has 1 aromatic carbocycles. The second-order valence-corrected chi connectivity index (χ2v) is 6.25. The molecule has 0 bridgehead atoms. The summed E-state index contributed by atoms with van der Waals surface area (Å²) < 4.78 is 2.10. The number of aromatic nitrogens is 4.